The second kappa shape index (κ2) is 11.0. The molecule has 1 saturated carbocycles. The summed E-state index contributed by atoms with van der Waals surface area (Å²) in [5.74, 6) is 0.138. The molecule has 1 aromatic rings. The number of nitrogens with zero attached hydrogens (tertiary/aromatic N) is 3. The molecule has 1 atom stereocenters. The van der Waals surface area contributed by atoms with E-state index in [0.29, 0.717) is 6.61 Å². The van der Waals surface area contributed by atoms with Gasteiger partial charge in [-0.2, -0.15) is 0 Å². The number of carbonyl (C=O) groups is 1. The highest BCUT2D eigenvalue weighted by Gasteiger charge is 2.48. The van der Waals surface area contributed by atoms with Crippen LogP contribution in [0.25, 0.3) is 0 Å². The van der Waals surface area contributed by atoms with E-state index in [1.165, 1.54) is 0 Å². The van der Waals surface area contributed by atoms with Crippen molar-refractivity contribution in [3.05, 3.63) is 16.1 Å². The number of thiazole rings is 1. The van der Waals surface area contributed by atoms with Crippen molar-refractivity contribution in [2.24, 2.45) is 5.73 Å². The van der Waals surface area contributed by atoms with E-state index in [0.717, 1.165) is 56.3 Å². The van der Waals surface area contributed by atoms with Gasteiger partial charge in [-0.3, -0.25) is 9.69 Å². The molecule has 1 saturated heterocycles. The Bertz CT molecular complexity index is 563. The lowest BCUT2D eigenvalue weighted by Gasteiger charge is -2.35. The number of carbonyl (C=O) groups excluding carboxylic acids is 1. The Morgan fingerprint density at radius 1 is 1.31 bits per heavy atom. The third-order valence-corrected chi connectivity index (χ3v) is 5.65. The molecule has 0 aromatic carbocycles. The van der Waals surface area contributed by atoms with Gasteiger partial charge in [0.2, 0.25) is 5.91 Å². The van der Waals surface area contributed by atoms with Gasteiger partial charge in [0.15, 0.2) is 0 Å². The van der Waals surface area contributed by atoms with Crippen molar-refractivity contribution in [2.45, 2.75) is 44.9 Å². The van der Waals surface area contributed by atoms with E-state index in [1.54, 1.807) is 11.3 Å². The number of rotatable bonds is 6. The Morgan fingerprint density at radius 3 is 2.46 bits per heavy atom. The maximum absolute atomic E-state index is 12.2. The summed E-state index contributed by atoms with van der Waals surface area (Å²) < 4.78 is 5.59. The number of hydrogen-bond donors (Lipinski definition) is 1. The molecule has 2 heterocycles. The van der Waals surface area contributed by atoms with Crippen LogP contribution in [0.5, 0.6) is 0 Å². The zero-order valence-corrected chi connectivity index (χ0v) is 18.4. The predicted molar refractivity (Wildman–Crippen MR) is 112 cm³/mol. The van der Waals surface area contributed by atoms with Gasteiger partial charge in [0, 0.05) is 44.7 Å². The van der Waals surface area contributed by atoms with E-state index in [9.17, 15) is 4.79 Å². The molecule has 2 N–H and O–H groups in total. The molecule has 10 heteroatoms. The molecule has 3 rings (SSSR count). The molecule has 2 aliphatic rings. The quantitative estimate of drug-likeness (QED) is 0.726. The van der Waals surface area contributed by atoms with Gasteiger partial charge in [-0.15, -0.1) is 48.6 Å². The molecule has 1 amide bonds. The molecule has 1 aliphatic carbocycles. The Kier molecular flexibility index (Phi) is 10.9. The zero-order chi connectivity index (χ0) is 16.4. The standard InChI is InChI=1S/C16H26N4O2S.3ClH/c1-3-22-12(2)14-18-13(11-23-14)10-19-6-8-20(9-7-19)15(21)16(17)4-5-16;;;/h11-12H,3-10,17H2,1-2H3;3*1H. The van der Waals surface area contributed by atoms with Crippen LogP contribution < -0.4 is 5.73 Å². The number of hydrogen-bond acceptors (Lipinski definition) is 6. The minimum atomic E-state index is -0.540. The van der Waals surface area contributed by atoms with Gasteiger partial charge in [0.1, 0.15) is 11.1 Å². The summed E-state index contributed by atoms with van der Waals surface area (Å²) in [5, 5.41) is 3.15. The molecule has 2 fully saturated rings. The first kappa shape index (κ1) is 25.9. The predicted octanol–water partition coefficient (Wildman–Crippen LogP) is 2.64. The van der Waals surface area contributed by atoms with Crippen molar-refractivity contribution < 1.29 is 9.53 Å². The highest BCUT2D eigenvalue weighted by Crippen LogP contribution is 2.34. The number of piperazine rings is 1. The third-order valence-electron chi connectivity index (χ3n) is 4.59. The first-order chi connectivity index (χ1) is 11.0. The fraction of sp³-hybridized carbons (Fsp3) is 0.750. The number of aromatic nitrogens is 1. The average molecular weight is 448 g/mol. The van der Waals surface area contributed by atoms with Crippen LogP contribution in [0.2, 0.25) is 0 Å². The minimum absolute atomic E-state index is 0. The van der Waals surface area contributed by atoms with E-state index in [1.807, 2.05) is 18.7 Å². The van der Waals surface area contributed by atoms with Crippen LogP contribution in [0.1, 0.15) is 43.5 Å². The first-order valence-corrected chi connectivity index (χ1v) is 9.26. The van der Waals surface area contributed by atoms with Crippen molar-refractivity contribution in [3.63, 3.8) is 0 Å². The van der Waals surface area contributed by atoms with E-state index in [2.05, 4.69) is 15.3 Å². The Labute approximate surface area is 178 Å². The molecule has 1 aromatic heterocycles. The van der Waals surface area contributed by atoms with Crippen LogP contribution in [0.3, 0.4) is 0 Å². The van der Waals surface area contributed by atoms with Crippen molar-refractivity contribution in [3.8, 4) is 0 Å². The summed E-state index contributed by atoms with van der Waals surface area (Å²) in [6, 6.07) is 0. The maximum atomic E-state index is 12.2. The largest absolute Gasteiger partial charge is 0.372 e. The summed E-state index contributed by atoms with van der Waals surface area (Å²) >= 11 is 1.66. The van der Waals surface area contributed by atoms with Crippen LogP contribution in [-0.4, -0.2) is 59.0 Å². The van der Waals surface area contributed by atoms with Gasteiger partial charge in [0.05, 0.1) is 11.2 Å². The normalized spacial score (nSPS) is 19.6. The van der Waals surface area contributed by atoms with Crippen LogP contribution in [0, 0.1) is 0 Å². The molecular weight excluding hydrogens is 419 g/mol. The van der Waals surface area contributed by atoms with E-state index in [4.69, 9.17) is 10.5 Å². The summed E-state index contributed by atoms with van der Waals surface area (Å²) in [4.78, 5) is 21.2. The van der Waals surface area contributed by atoms with Crippen molar-refractivity contribution >= 4 is 54.5 Å². The molecule has 6 nitrogen and oxygen atoms in total. The van der Waals surface area contributed by atoms with Crippen LogP contribution in [0.4, 0.5) is 0 Å². The topological polar surface area (TPSA) is 71.7 Å². The molecule has 0 bridgehead atoms. The lowest BCUT2D eigenvalue weighted by Crippen LogP contribution is -2.53. The lowest BCUT2D eigenvalue weighted by molar-refractivity contribution is -0.135. The van der Waals surface area contributed by atoms with Gasteiger partial charge in [0.25, 0.3) is 0 Å². The van der Waals surface area contributed by atoms with Crippen LogP contribution in [-0.2, 0) is 16.1 Å². The summed E-state index contributed by atoms with van der Waals surface area (Å²) in [6.07, 6.45) is 1.74. The smallest absolute Gasteiger partial charge is 0.242 e. The number of halogens is 3. The summed E-state index contributed by atoms with van der Waals surface area (Å²) in [6.45, 7) is 8.88. The maximum Gasteiger partial charge on any atom is 0.242 e. The van der Waals surface area contributed by atoms with E-state index < -0.39 is 5.54 Å². The fourth-order valence-corrected chi connectivity index (χ4v) is 3.72. The molecule has 152 valence electrons. The highest BCUT2D eigenvalue weighted by atomic mass is 35.5. The third kappa shape index (κ3) is 6.19. The van der Waals surface area contributed by atoms with Crippen molar-refractivity contribution in [1.29, 1.82) is 0 Å². The Balaban J connectivity index is 0.00000208. The second-order valence-corrected chi connectivity index (χ2v) is 7.39. The lowest BCUT2D eigenvalue weighted by atomic mass is 10.2. The number of amides is 1. The SMILES string of the molecule is CCOC(C)c1nc(CN2CCN(C(=O)C3(N)CC3)CC2)cs1.Cl.Cl.Cl. The summed E-state index contributed by atoms with van der Waals surface area (Å²) in [7, 11) is 0. The monoisotopic (exact) mass is 446 g/mol. The number of ether oxygens (including phenoxy) is 1. The van der Waals surface area contributed by atoms with Crippen molar-refractivity contribution in [2.75, 3.05) is 32.8 Å². The van der Waals surface area contributed by atoms with Crippen LogP contribution in [0.15, 0.2) is 5.38 Å². The second-order valence-electron chi connectivity index (χ2n) is 6.50. The minimum Gasteiger partial charge on any atom is -0.372 e. The van der Waals surface area contributed by atoms with E-state index in [-0.39, 0.29) is 49.2 Å². The molecule has 1 aliphatic heterocycles. The molecule has 1 unspecified atom stereocenters. The molecule has 0 radical (unpaired) electrons. The number of nitrogens with two attached hydrogens (primary N) is 1. The van der Waals surface area contributed by atoms with Gasteiger partial charge >= 0.3 is 0 Å². The molecule has 0 spiro atoms. The van der Waals surface area contributed by atoms with Gasteiger partial charge in [-0.1, -0.05) is 0 Å². The van der Waals surface area contributed by atoms with Crippen LogP contribution >= 0.6 is 48.6 Å². The van der Waals surface area contributed by atoms with E-state index >= 15 is 0 Å². The zero-order valence-electron chi connectivity index (χ0n) is 15.2. The molecule has 26 heavy (non-hydrogen) atoms. The van der Waals surface area contributed by atoms with Gasteiger partial charge in [-0.25, -0.2) is 4.98 Å². The molecular formula is C16H29Cl3N4O2S. The van der Waals surface area contributed by atoms with Crippen molar-refractivity contribution in [1.82, 2.24) is 14.8 Å². The average Bonchev–Trinajstić information content (AvgIpc) is 3.12. The summed E-state index contributed by atoms with van der Waals surface area (Å²) in [5.41, 5.74) is 6.56. The Hall–Kier alpha value is -0.150. The first-order valence-electron chi connectivity index (χ1n) is 8.38. The Morgan fingerprint density at radius 2 is 1.92 bits per heavy atom. The van der Waals surface area contributed by atoms with Gasteiger partial charge < -0.3 is 15.4 Å². The highest BCUT2D eigenvalue weighted by molar-refractivity contribution is 7.09. The fourth-order valence-electron chi connectivity index (χ4n) is 2.90. The van der Waals surface area contributed by atoms with Gasteiger partial charge in [-0.05, 0) is 26.7 Å².